The van der Waals surface area contributed by atoms with Crippen molar-refractivity contribution in [2.24, 2.45) is 0 Å². The van der Waals surface area contributed by atoms with Gasteiger partial charge in [-0.05, 0) is 69.7 Å². The molecule has 10 heteroatoms. The molecule has 1 aliphatic carbocycles. The Bertz CT molecular complexity index is 979. The Hall–Kier alpha value is -3.19. The lowest BCUT2D eigenvalue weighted by Gasteiger charge is -2.34. The van der Waals surface area contributed by atoms with Crippen molar-refractivity contribution >= 4 is 35.6 Å². The van der Waals surface area contributed by atoms with E-state index in [1.807, 2.05) is 6.26 Å². The van der Waals surface area contributed by atoms with Crippen LogP contribution in [0.5, 0.6) is 0 Å². The zero-order valence-corrected chi connectivity index (χ0v) is 22.3. The maximum absolute atomic E-state index is 13.9. The van der Waals surface area contributed by atoms with Gasteiger partial charge >= 0.3 is 12.1 Å². The van der Waals surface area contributed by atoms with Crippen LogP contribution in [0.3, 0.4) is 0 Å². The predicted octanol–water partition coefficient (Wildman–Crippen LogP) is 2.64. The maximum Gasteiger partial charge on any atom is 0.408 e. The van der Waals surface area contributed by atoms with E-state index in [1.54, 1.807) is 56.8 Å². The number of terminal acetylenes is 1. The Morgan fingerprint density at radius 2 is 1.83 bits per heavy atom. The van der Waals surface area contributed by atoms with Crippen molar-refractivity contribution in [2.75, 3.05) is 25.7 Å². The highest BCUT2D eigenvalue weighted by molar-refractivity contribution is 7.98. The maximum atomic E-state index is 13.9. The van der Waals surface area contributed by atoms with Gasteiger partial charge in [-0.25, -0.2) is 4.79 Å². The molecule has 0 aromatic heterocycles. The first-order valence-corrected chi connectivity index (χ1v) is 13.1. The molecule has 1 fully saturated rings. The van der Waals surface area contributed by atoms with Gasteiger partial charge in [0.05, 0.1) is 7.11 Å². The smallest absolute Gasteiger partial charge is 0.408 e. The fourth-order valence-electron chi connectivity index (χ4n) is 3.52. The minimum atomic E-state index is -1.03. The number of thioether (sulfide) groups is 1. The van der Waals surface area contributed by atoms with E-state index in [4.69, 9.17) is 11.2 Å². The minimum Gasteiger partial charge on any atom is -0.468 e. The fourth-order valence-corrected chi connectivity index (χ4v) is 3.99. The third-order valence-electron chi connectivity index (χ3n) is 5.35. The van der Waals surface area contributed by atoms with Crippen molar-refractivity contribution in [3.05, 3.63) is 35.4 Å². The second kappa shape index (κ2) is 13.2. The summed E-state index contributed by atoms with van der Waals surface area (Å²) in [5, 5.41) is 5.26. The number of amides is 3. The van der Waals surface area contributed by atoms with Crippen molar-refractivity contribution in [2.45, 2.75) is 63.8 Å². The summed E-state index contributed by atoms with van der Waals surface area (Å²) in [7, 11) is 1.23. The summed E-state index contributed by atoms with van der Waals surface area (Å²) in [6.07, 6.45) is 8.47. The SMILES string of the molecule is C#Cc1ccc(C(C(=O)NCC(=O)OC)N(C(=O)C(CCSC)NC(=O)OC(C)(C)C)C2CC2)cc1. The highest BCUT2D eigenvalue weighted by Crippen LogP contribution is 2.36. The lowest BCUT2D eigenvalue weighted by atomic mass is 10.0. The number of alkyl carbamates (subject to hydrolysis) is 1. The molecule has 9 nitrogen and oxygen atoms in total. The van der Waals surface area contributed by atoms with E-state index < -0.39 is 41.6 Å². The zero-order valence-electron chi connectivity index (χ0n) is 21.5. The Kier molecular flexibility index (Phi) is 10.7. The summed E-state index contributed by atoms with van der Waals surface area (Å²) >= 11 is 1.54. The molecule has 1 aromatic carbocycles. The molecule has 2 unspecified atom stereocenters. The van der Waals surface area contributed by atoms with Crippen molar-refractivity contribution in [3.8, 4) is 12.3 Å². The lowest BCUT2D eigenvalue weighted by Crippen LogP contribution is -2.54. The lowest BCUT2D eigenvalue weighted by molar-refractivity contribution is -0.145. The first-order valence-electron chi connectivity index (χ1n) is 11.7. The Morgan fingerprint density at radius 1 is 1.19 bits per heavy atom. The van der Waals surface area contributed by atoms with Crippen LogP contribution in [0.2, 0.25) is 0 Å². The van der Waals surface area contributed by atoms with Crippen molar-refractivity contribution in [1.29, 1.82) is 0 Å². The van der Waals surface area contributed by atoms with E-state index in [0.717, 1.165) is 12.8 Å². The van der Waals surface area contributed by atoms with Crippen LogP contribution in [0.1, 0.15) is 57.2 Å². The monoisotopic (exact) mass is 517 g/mol. The summed E-state index contributed by atoms with van der Waals surface area (Å²) in [6.45, 7) is 4.88. The molecule has 196 valence electrons. The number of rotatable bonds is 11. The summed E-state index contributed by atoms with van der Waals surface area (Å²) < 4.78 is 10.0. The zero-order chi connectivity index (χ0) is 26.9. The van der Waals surface area contributed by atoms with Gasteiger partial charge in [0.25, 0.3) is 0 Å². The van der Waals surface area contributed by atoms with Crippen LogP contribution in [-0.2, 0) is 23.9 Å². The third kappa shape index (κ3) is 8.79. The number of ether oxygens (including phenoxy) is 2. The van der Waals surface area contributed by atoms with E-state index in [2.05, 4.69) is 21.3 Å². The van der Waals surface area contributed by atoms with Crippen LogP contribution in [0.4, 0.5) is 4.79 Å². The number of carbonyl (C=O) groups excluding carboxylic acids is 4. The standard InChI is InChI=1S/C26H35N3O6S/c1-7-17-8-10-18(11-9-17)22(23(31)27-16-21(30)34-5)29(19-12-13-19)24(32)20(14-15-36-6)28-25(33)35-26(2,3)4/h1,8-11,19-20,22H,12-16H2,2-6H3,(H,27,31)(H,28,33). The molecule has 1 aliphatic rings. The summed E-state index contributed by atoms with van der Waals surface area (Å²) in [6, 6.07) is 4.66. The predicted molar refractivity (Wildman–Crippen MR) is 138 cm³/mol. The Balaban J connectivity index is 2.42. The van der Waals surface area contributed by atoms with Gasteiger partial charge in [-0.3, -0.25) is 14.4 Å². The van der Waals surface area contributed by atoms with Gasteiger partial charge in [-0.2, -0.15) is 11.8 Å². The number of carbonyl (C=O) groups is 4. The van der Waals surface area contributed by atoms with Crippen molar-refractivity contribution in [3.63, 3.8) is 0 Å². The number of hydrogen-bond acceptors (Lipinski definition) is 7. The number of nitrogens with zero attached hydrogens (tertiary/aromatic N) is 1. The van der Waals surface area contributed by atoms with Gasteiger partial charge < -0.3 is 25.0 Å². The number of benzene rings is 1. The fraction of sp³-hybridized carbons (Fsp3) is 0.538. The summed E-state index contributed by atoms with van der Waals surface area (Å²) in [5.74, 6) is 1.61. The van der Waals surface area contributed by atoms with E-state index >= 15 is 0 Å². The van der Waals surface area contributed by atoms with Crippen LogP contribution < -0.4 is 10.6 Å². The van der Waals surface area contributed by atoms with Crippen LogP contribution in [0, 0.1) is 12.3 Å². The Morgan fingerprint density at radius 3 is 2.33 bits per heavy atom. The van der Waals surface area contributed by atoms with Crippen LogP contribution >= 0.6 is 11.8 Å². The van der Waals surface area contributed by atoms with Gasteiger partial charge in [0.1, 0.15) is 24.2 Å². The molecule has 0 bridgehead atoms. The van der Waals surface area contributed by atoms with Crippen LogP contribution in [0.25, 0.3) is 0 Å². The third-order valence-corrected chi connectivity index (χ3v) is 5.99. The number of methoxy groups -OCH3 is 1. The highest BCUT2D eigenvalue weighted by Gasteiger charge is 2.44. The van der Waals surface area contributed by atoms with E-state index in [1.165, 1.54) is 12.0 Å². The second-order valence-electron chi connectivity index (χ2n) is 9.42. The first-order chi connectivity index (χ1) is 17.0. The van der Waals surface area contributed by atoms with Crippen LogP contribution in [0.15, 0.2) is 24.3 Å². The second-order valence-corrected chi connectivity index (χ2v) is 10.4. The highest BCUT2D eigenvalue weighted by atomic mass is 32.2. The molecule has 2 N–H and O–H groups in total. The average molecular weight is 518 g/mol. The van der Waals surface area contributed by atoms with Gasteiger partial charge in [0.2, 0.25) is 11.8 Å². The summed E-state index contributed by atoms with van der Waals surface area (Å²) in [5.41, 5.74) is 0.432. The van der Waals surface area contributed by atoms with Crippen molar-refractivity contribution < 1.29 is 28.7 Å². The average Bonchev–Trinajstić information content (AvgIpc) is 3.67. The molecule has 0 radical (unpaired) electrons. The van der Waals surface area contributed by atoms with Gasteiger partial charge in [0.15, 0.2) is 0 Å². The Labute approximate surface area is 217 Å². The minimum absolute atomic E-state index is 0.184. The topological polar surface area (TPSA) is 114 Å². The molecule has 0 saturated heterocycles. The van der Waals surface area contributed by atoms with E-state index in [-0.39, 0.29) is 12.6 Å². The summed E-state index contributed by atoms with van der Waals surface area (Å²) in [4.78, 5) is 53.0. The van der Waals surface area contributed by atoms with Crippen molar-refractivity contribution in [1.82, 2.24) is 15.5 Å². The van der Waals surface area contributed by atoms with Crippen LogP contribution in [-0.4, -0.2) is 72.1 Å². The molecular formula is C26H35N3O6S. The number of hydrogen-bond donors (Lipinski definition) is 2. The van der Waals surface area contributed by atoms with Gasteiger partial charge in [-0.15, -0.1) is 6.42 Å². The largest absolute Gasteiger partial charge is 0.468 e. The van der Waals surface area contributed by atoms with Gasteiger partial charge in [-0.1, -0.05) is 18.1 Å². The van der Waals surface area contributed by atoms with Gasteiger partial charge in [0, 0.05) is 11.6 Å². The molecule has 2 rings (SSSR count). The molecular weight excluding hydrogens is 482 g/mol. The molecule has 0 spiro atoms. The molecule has 1 saturated carbocycles. The molecule has 0 heterocycles. The van der Waals surface area contributed by atoms with E-state index in [0.29, 0.717) is 23.3 Å². The molecule has 2 atom stereocenters. The molecule has 0 aliphatic heterocycles. The number of nitrogens with one attached hydrogen (secondary N) is 2. The first kappa shape index (κ1) is 29.0. The molecule has 36 heavy (non-hydrogen) atoms. The number of esters is 1. The normalized spacial score (nSPS) is 14.6. The molecule has 1 aromatic rings. The molecule has 3 amide bonds. The quantitative estimate of drug-likeness (QED) is 0.343. The van der Waals surface area contributed by atoms with E-state index in [9.17, 15) is 19.2 Å².